The van der Waals surface area contributed by atoms with Crippen molar-refractivity contribution in [3.63, 3.8) is 0 Å². The molecular formula is C29H37N5OS. The maximum absolute atomic E-state index is 13.1. The minimum absolute atomic E-state index is 0.000748. The molecule has 0 atom stereocenters. The van der Waals surface area contributed by atoms with Crippen LogP contribution in [0.15, 0.2) is 24.3 Å². The summed E-state index contributed by atoms with van der Waals surface area (Å²) >= 11 is 1.91. The van der Waals surface area contributed by atoms with Crippen LogP contribution >= 0.6 is 11.3 Å². The van der Waals surface area contributed by atoms with Crippen LogP contribution in [0.25, 0.3) is 10.2 Å². The van der Waals surface area contributed by atoms with E-state index in [0.29, 0.717) is 19.0 Å². The Kier molecular flexibility index (Phi) is 6.83. The number of nitrogens with zero attached hydrogens (tertiary/aromatic N) is 4. The lowest BCUT2D eigenvalue weighted by atomic mass is 9.88. The zero-order valence-electron chi connectivity index (χ0n) is 21.4. The molecule has 1 N–H and O–H groups in total. The number of urea groups is 1. The molecule has 3 heterocycles. The average molecular weight is 504 g/mol. The number of rotatable bonds is 4. The van der Waals surface area contributed by atoms with Crippen molar-refractivity contribution in [2.45, 2.75) is 77.0 Å². The molecule has 190 valence electrons. The molecule has 0 unspecified atom stereocenters. The maximum Gasteiger partial charge on any atom is 0.321 e. The molecule has 0 radical (unpaired) electrons. The van der Waals surface area contributed by atoms with Gasteiger partial charge in [0, 0.05) is 42.7 Å². The van der Waals surface area contributed by atoms with Gasteiger partial charge in [-0.15, -0.1) is 11.3 Å². The summed E-state index contributed by atoms with van der Waals surface area (Å²) in [6.07, 6.45) is 12.1. The highest BCUT2D eigenvalue weighted by Gasteiger charge is 2.29. The van der Waals surface area contributed by atoms with Gasteiger partial charge in [-0.2, -0.15) is 0 Å². The molecule has 3 aromatic rings. The number of carbonyl (C=O) groups is 1. The zero-order chi connectivity index (χ0) is 24.5. The second-order valence-corrected chi connectivity index (χ2v) is 11.6. The van der Waals surface area contributed by atoms with Crippen molar-refractivity contribution in [1.29, 1.82) is 0 Å². The minimum atomic E-state index is -0.000748. The Morgan fingerprint density at radius 3 is 2.58 bits per heavy atom. The summed E-state index contributed by atoms with van der Waals surface area (Å²) in [6.45, 7) is 5.15. The Morgan fingerprint density at radius 1 is 1.00 bits per heavy atom. The van der Waals surface area contributed by atoms with Crippen LogP contribution < -0.4 is 10.2 Å². The van der Waals surface area contributed by atoms with Gasteiger partial charge in [-0.25, -0.2) is 14.8 Å². The Bertz CT molecular complexity index is 1240. The number of amides is 2. The molecule has 0 bridgehead atoms. The van der Waals surface area contributed by atoms with E-state index in [1.807, 2.05) is 34.4 Å². The maximum atomic E-state index is 13.1. The number of piperazine rings is 1. The van der Waals surface area contributed by atoms with Crippen molar-refractivity contribution >= 4 is 39.1 Å². The van der Waals surface area contributed by atoms with E-state index in [9.17, 15) is 4.79 Å². The number of hydrogen-bond donors (Lipinski definition) is 1. The van der Waals surface area contributed by atoms with Crippen molar-refractivity contribution < 1.29 is 4.79 Å². The molecule has 1 saturated carbocycles. The molecule has 1 saturated heterocycles. The van der Waals surface area contributed by atoms with Gasteiger partial charge in [0.2, 0.25) is 0 Å². The van der Waals surface area contributed by atoms with E-state index in [4.69, 9.17) is 9.97 Å². The summed E-state index contributed by atoms with van der Waals surface area (Å²) in [4.78, 5) is 30.6. The van der Waals surface area contributed by atoms with Crippen molar-refractivity contribution in [3.05, 3.63) is 46.1 Å². The van der Waals surface area contributed by atoms with Crippen molar-refractivity contribution in [3.8, 4) is 0 Å². The highest BCUT2D eigenvalue weighted by Crippen LogP contribution is 2.42. The molecular weight excluding hydrogens is 466 g/mol. The minimum Gasteiger partial charge on any atom is -0.352 e. The summed E-state index contributed by atoms with van der Waals surface area (Å²) in [5.41, 5.74) is 3.60. The van der Waals surface area contributed by atoms with Gasteiger partial charge in [-0.1, -0.05) is 44.4 Å². The lowest BCUT2D eigenvalue weighted by molar-refractivity contribution is 0.208. The van der Waals surface area contributed by atoms with Crippen molar-refractivity contribution in [2.75, 3.05) is 36.4 Å². The predicted molar refractivity (Wildman–Crippen MR) is 149 cm³/mol. The number of aryl methyl sites for hydroxylation is 3. The third-order valence-electron chi connectivity index (χ3n) is 8.29. The average Bonchev–Trinajstić information content (AvgIpc) is 3.32. The van der Waals surface area contributed by atoms with Crippen LogP contribution in [0.5, 0.6) is 0 Å². The summed E-state index contributed by atoms with van der Waals surface area (Å²) in [5.74, 6) is 2.69. The SMILES string of the molecule is CCc1ccccc1NC(=O)N1CCN(c2nc(C3CCCCC3)nc3sc4c(c23)CCCC4)CC1. The first-order chi connectivity index (χ1) is 17.7. The first-order valence-corrected chi connectivity index (χ1v) is 14.7. The second kappa shape index (κ2) is 10.4. The van der Waals surface area contributed by atoms with Gasteiger partial charge < -0.3 is 15.1 Å². The third kappa shape index (κ3) is 4.58. The number of thiophene rings is 1. The number of benzene rings is 1. The molecule has 2 amide bonds. The molecule has 0 spiro atoms. The lowest BCUT2D eigenvalue weighted by Gasteiger charge is -2.36. The van der Waals surface area contributed by atoms with Gasteiger partial charge in [-0.05, 0) is 62.1 Å². The van der Waals surface area contributed by atoms with Crippen LogP contribution in [-0.2, 0) is 19.3 Å². The number of para-hydroxylation sites is 1. The standard InChI is InChI=1S/C29H37N5OS/c1-2-20-10-6-8-14-23(20)30-29(35)34-18-16-33(17-19-34)27-25-22-13-7-9-15-24(22)36-28(25)32-26(31-27)21-11-4-3-5-12-21/h6,8,10,14,21H,2-5,7,9,11-13,15-19H2,1H3,(H,30,35). The van der Waals surface area contributed by atoms with Crippen LogP contribution in [-0.4, -0.2) is 47.1 Å². The van der Waals surface area contributed by atoms with E-state index < -0.39 is 0 Å². The summed E-state index contributed by atoms with van der Waals surface area (Å²) in [5, 5.41) is 4.46. The van der Waals surface area contributed by atoms with Crippen LogP contribution in [0.3, 0.4) is 0 Å². The third-order valence-corrected chi connectivity index (χ3v) is 9.48. The molecule has 1 aromatic carbocycles. The van der Waals surface area contributed by atoms with Gasteiger partial charge in [-0.3, -0.25) is 0 Å². The van der Waals surface area contributed by atoms with Crippen molar-refractivity contribution in [1.82, 2.24) is 14.9 Å². The van der Waals surface area contributed by atoms with E-state index in [2.05, 4.69) is 23.2 Å². The van der Waals surface area contributed by atoms with E-state index in [-0.39, 0.29) is 6.03 Å². The highest BCUT2D eigenvalue weighted by molar-refractivity contribution is 7.19. The van der Waals surface area contributed by atoms with Gasteiger partial charge >= 0.3 is 6.03 Å². The second-order valence-electron chi connectivity index (χ2n) is 10.5. The van der Waals surface area contributed by atoms with Crippen LogP contribution in [0.4, 0.5) is 16.3 Å². The van der Waals surface area contributed by atoms with E-state index in [1.165, 1.54) is 77.6 Å². The molecule has 7 heteroatoms. The first-order valence-electron chi connectivity index (χ1n) is 13.9. The first kappa shape index (κ1) is 23.7. The number of aromatic nitrogens is 2. The molecule has 2 aliphatic carbocycles. The number of carbonyl (C=O) groups excluding carboxylic acids is 1. The smallest absolute Gasteiger partial charge is 0.321 e. The lowest BCUT2D eigenvalue weighted by Crippen LogP contribution is -2.50. The number of anilines is 2. The number of hydrogen-bond acceptors (Lipinski definition) is 5. The fraction of sp³-hybridized carbons (Fsp3) is 0.552. The van der Waals surface area contributed by atoms with E-state index >= 15 is 0 Å². The predicted octanol–water partition coefficient (Wildman–Crippen LogP) is 6.53. The van der Waals surface area contributed by atoms with Crippen LogP contribution in [0.2, 0.25) is 0 Å². The van der Waals surface area contributed by atoms with Crippen LogP contribution in [0, 0.1) is 0 Å². The Hall–Kier alpha value is -2.67. The van der Waals surface area contributed by atoms with Gasteiger partial charge in [0.05, 0.1) is 5.39 Å². The van der Waals surface area contributed by atoms with Gasteiger partial charge in [0.25, 0.3) is 0 Å². The van der Waals surface area contributed by atoms with Gasteiger partial charge in [0.1, 0.15) is 16.5 Å². The molecule has 3 aliphatic rings. The Labute approximate surface area is 218 Å². The normalized spacial score (nSPS) is 18.9. The molecule has 6 nitrogen and oxygen atoms in total. The van der Waals surface area contributed by atoms with Crippen molar-refractivity contribution in [2.24, 2.45) is 0 Å². The van der Waals surface area contributed by atoms with E-state index in [0.717, 1.165) is 43.3 Å². The summed E-state index contributed by atoms with van der Waals surface area (Å²) < 4.78 is 0. The monoisotopic (exact) mass is 503 g/mol. The molecule has 2 fully saturated rings. The zero-order valence-corrected chi connectivity index (χ0v) is 22.2. The number of fused-ring (bicyclic) bond motifs is 3. The largest absolute Gasteiger partial charge is 0.352 e. The number of nitrogens with one attached hydrogen (secondary N) is 1. The van der Waals surface area contributed by atoms with Gasteiger partial charge in [0.15, 0.2) is 0 Å². The Balaban J connectivity index is 1.24. The topological polar surface area (TPSA) is 61.4 Å². The quantitative estimate of drug-likeness (QED) is 0.439. The molecule has 1 aliphatic heterocycles. The fourth-order valence-electron chi connectivity index (χ4n) is 6.19. The highest BCUT2D eigenvalue weighted by atomic mass is 32.1. The molecule has 6 rings (SSSR count). The molecule has 36 heavy (non-hydrogen) atoms. The fourth-order valence-corrected chi connectivity index (χ4v) is 7.46. The summed E-state index contributed by atoms with van der Waals surface area (Å²) in [7, 11) is 0. The molecule has 2 aromatic heterocycles. The van der Waals surface area contributed by atoms with E-state index in [1.54, 1.807) is 0 Å². The Morgan fingerprint density at radius 2 is 1.78 bits per heavy atom. The van der Waals surface area contributed by atoms with Crippen LogP contribution in [0.1, 0.15) is 79.6 Å². The summed E-state index contributed by atoms with van der Waals surface area (Å²) in [6, 6.07) is 8.09.